The van der Waals surface area contributed by atoms with Gasteiger partial charge in [-0.15, -0.1) is 0 Å². The fourth-order valence-corrected chi connectivity index (χ4v) is 7.28. The van der Waals surface area contributed by atoms with Crippen LogP contribution in [0.1, 0.15) is 47.5 Å². The molecule has 0 aromatic rings. The average molecular weight is 475 g/mol. The third-order valence-corrected chi connectivity index (χ3v) is 8.80. The SMILES string of the molecule is CC=CC(=O)OC[C@]1(C)[C@H]2[C@@H]3C=C(CO)C[C@]4(O)C(=O)C(C)=C[C@H]4[C@@]3(O)[C@H](C)C[C@]21OC(C)=O. The zero-order valence-electron chi connectivity index (χ0n) is 20.3. The Balaban J connectivity index is 1.84. The van der Waals surface area contributed by atoms with Gasteiger partial charge in [0.05, 0.1) is 12.2 Å². The summed E-state index contributed by atoms with van der Waals surface area (Å²) in [6, 6.07) is 0. The maximum atomic E-state index is 13.0. The topological polar surface area (TPSA) is 130 Å². The Hall–Kier alpha value is -2.29. The summed E-state index contributed by atoms with van der Waals surface area (Å²) in [5.74, 6) is -3.92. The number of Topliss-reactive ketones (excluding diaryl/α,β-unsaturated/α-hetero) is 1. The maximum Gasteiger partial charge on any atom is 0.330 e. The number of hydrogen-bond donors (Lipinski definition) is 3. The van der Waals surface area contributed by atoms with E-state index >= 15 is 0 Å². The molecular weight excluding hydrogens is 440 g/mol. The van der Waals surface area contributed by atoms with E-state index in [9.17, 15) is 29.7 Å². The molecule has 0 aliphatic heterocycles. The molecule has 186 valence electrons. The molecule has 0 unspecified atom stereocenters. The van der Waals surface area contributed by atoms with Gasteiger partial charge < -0.3 is 24.8 Å². The molecule has 34 heavy (non-hydrogen) atoms. The Morgan fingerprint density at radius 3 is 2.53 bits per heavy atom. The summed E-state index contributed by atoms with van der Waals surface area (Å²) >= 11 is 0. The first kappa shape index (κ1) is 24.8. The molecule has 0 aromatic heterocycles. The van der Waals surface area contributed by atoms with Crippen molar-refractivity contribution in [3.8, 4) is 0 Å². The lowest BCUT2D eigenvalue weighted by atomic mass is 9.60. The highest BCUT2D eigenvalue weighted by molar-refractivity contribution is 6.04. The normalized spacial score (nSPS) is 44.9. The smallest absolute Gasteiger partial charge is 0.330 e. The van der Waals surface area contributed by atoms with Crippen LogP contribution in [0.5, 0.6) is 0 Å². The predicted molar refractivity (Wildman–Crippen MR) is 121 cm³/mol. The monoisotopic (exact) mass is 474 g/mol. The van der Waals surface area contributed by atoms with Gasteiger partial charge in [-0.1, -0.05) is 32.1 Å². The van der Waals surface area contributed by atoms with Gasteiger partial charge in [0.15, 0.2) is 5.78 Å². The van der Waals surface area contributed by atoms with Crippen LogP contribution in [0.4, 0.5) is 0 Å². The van der Waals surface area contributed by atoms with Crippen molar-refractivity contribution in [3.05, 3.63) is 35.5 Å². The molecule has 3 N–H and O–H groups in total. The molecule has 8 heteroatoms. The number of hydrogen-bond acceptors (Lipinski definition) is 8. The van der Waals surface area contributed by atoms with Crippen LogP contribution in [0.15, 0.2) is 35.5 Å². The van der Waals surface area contributed by atoms with E-state index in [1.165, 1.54) is 13.0 Å². The number of rotatable bonds is 5. The number of ketones is 1. The molecule has 0 bridgehead atoms. The number of carbonyl (C=O) groups is 3. The molecule has 4 aliphatic rings. The van der Waals surface area contributed by atoms with Crippen LogP contribution < -0.4 is 0 Å². The molecule has 2 fully saturated rings. The molecule has 0 amide bonds. The van der Waals surface area contributed by atoms with Crippen LogP contribution in [-0.2, 0) is 23.9 Å². The second kappa shape index (κ2) is 7.86. The van der Waals surface area contributed by atoms with Crippen LogP contribution in [-0.4, -0.2) is 63.1 Å². The molecule has 8 atom stereocenters. The summed E-state index contributed by atoms with van der Waals surface area (Å²) in [5.41, 5.74) is -4.38. The summed E-state index contributed by atoms with van der Waals surface area (Å²) in [4.78, 5) is 37.3. The zero-order valence-corrected chi connectivity index (χ0v) is 20.3. The molecule has 0 heterocycles. The fourth-order valence-electron chi connectivity index (χ4n) is 7.28. The third kappa shape index (κ3) is 3.11. The molecule has 0 aromatic carbocycles. The summed E-state index contributed by atoms with van der Waals surface area (Å²) < 4.78 is 11.4. The van der Waals surface area contributed by atoms with Crippen molar-refractivity contribution in [2.24, 2.45) is 29.1 Å². The van der Waals surface area contributed by atoms with Gasteiger partial charge >= 0.3 is 11.9 Å². The lowest BCUT2D eigenvalue weighted by Crippen LogP contribution is -2.61. The molecule has 4 aliphatic carbocycles. The molecule has 4 rings (SSSR count). The lowest BCUT2D eigenvalue weighted by Gasteiger charge is -2.50. The average Bonchev–Trinajstić information content (AvgIpc) is 3.20. The first-order valence-electron chi connectivity index (χ1n) is 11.8. The summed E-state index contributed by atoms with van der Waals surface area (Å²) in [6.45, 7) is 7.92. The van der Waals surface area contributed by atoms with Crippen LogP contribution in [0, 0.1) is 29.1 Å². The minimum Gasteiger partial charge on any atom is -0.462 e. The van der Waals surface area contributed by atoms with Crippen molar-refractivity contribution < 1.29 is 39.2 Å². The molecule has 0 spiro atoms. The van der Waals surface area contributed by atoms with Gasteiger partial charge in [-0.25, -0.2) is 4.79 Å². The van der Waals surface area contributed by atoms with E-state index < -0.39 is 63.6 Å². The standard InChI is InChI=1S/C26H34O8/c1-6-7-20(29)33-13-23(5)21-18-9-17(12-27)11-24(31)19(8-14(2)22(24)30)26(18,32)15(3)10-25(21,23)34-16(4)28/h6-9,15,18-19,21,27,31-32H,10-13H2,1-5H3/t15-,18+,19-,21-,23-,24-,25+,26-/m1/s1. The Kier molecular flexibility index (Phi) is 5.74. The van der Waals surface area contributed by atoms with Crippen molar-refractivity contribution in [2.75, 3.05) is 13.2 Å². The summed E-state index contributed by atoms with van der Waals surface area (Å²) in [6.07, 6.45) is 6.45. The van der Waals surface area contributed by atoms with E-state index in [1.54, 1.807) is 32.1 Å². The van der Waals surface area contributed by atoms with E-state index in [-0.39, 0.29) is 26.1 Å². The number of fused-ring (bicyclic) bond motifs is 5. The van der Waals surface area contributed by atoms with Gasteiger partial charge in [-0.2, -0.15) is 0 Å². The van der Waals surface area contributed by atoms with Crippen LogP contribution in [0.25, 0.3) is 0 Å². The Labute approximate surface area is 199 Å². The Morgan fingerprint density at radius 1 is 1.26 bits per heavy atom. The molecule has 2 saturated carbocycles. The van der Waals surface area contributed by atoms with Gasteiger partial charge in [0, 0.05) is 42.6 Å². The van der Waals surface area contributed by atoms with Gasteiger partial charge in [0.2, 0.25) is 0 Å². The van der Waals surface area contributed by atoms with E-state index in [0.29, 0.717) is 11.1 Å². The number of carbonyl (C=O) groups excluding carboxylic acids is 3. The van der Waals surface area contributed by atoms with Crippen molar-refractivity contribution in [3.63, 3.8) is 0 Å². The highest BCUT2D eigenvalue weighted by atomic mass is 16.6. The Bertz CT molecular complexity index is 1030. The number of ether oxygens (including phenoxy) is 2. The van der Waals surface area contributed by atoms with Crippen LogP contribution in [0.3, 0.4) is 0 Å². The van der Waals surface area contributed by atoms with Crippen LogP contribution in [0.2, 0.25) is 0 Å². The summed E-state index contributed by atoms with van der Waals surface area (Å²) in [5, 5.41) is 33.9. The van der Waals surface area contributed by atoms with Crippen molar-refractivity contribution in [1.29, 1.82) is 0 Å². The minimum absolute atomic E-state index is 0.0293. The second-order valence-corrected chi connectivity index (χ2v) is 10.7. The summed E-state index contributed by atoms with van der Waals surface area (Å²) in [7, 11) is 0. The maximum absolute atomic E-state index is 13.0. The molecule has 0 saturated heterocycles. The van der Waals surface area contributed by atoms with Gasteiger partial charge in [0.1, 0.15) is 17.8 Å². The highest BCUT2D eigenvalue weighted by Gasteiger charge is 2.85. The second-order valence-electron chi connectivity index (χ2n) is 10.7. The lowest BCUT2D eigenvalue weighted by molar-refractivity contribution is -0.186. The first-order valence-corrected chi connectivity index (χ1v) is 11.8. The quantitative estimate of drug-likeness (QED) is 0.311. The molecule has 8 nitrogen and oxygen atoms in total. The van der Waals surface area contributed by atoms with Crippen LogP contribution >= 0.6 is 0 Å². The van der Waals surface area contributed by atoms with Crippen molar-refractivity contribution >= 4 is 17.7 Å². The zero-order chi connectivity index (χ0) is 25.3. The highest BCUT2D eigenvalue weighted by Crippen LogP contribution is 2.76. The van der Waals surface area contributed by atoms with Gasteiger partial charge in [0.25, 0.3) is 0 Å². The number of aliphatic hydroxyl groups is 3. The van der Waals surface area contributed by atoms with Crippen molar-refractivity contribution in [1.82, 2.24) is 0 Å². The van der Waals surface area contributed by atoms with Gasteiger partial charge in [-0.3, -0.25) is 9.59 Å². The number of esters is 2. The van der Waals surface area contributed by atoms with E-state index in [2.05, 4.69) is 0 Å². The minimum atomic E-state index is -1.86. The number of aliphatic hydroxyl groups excluding tert-OH is 1. The van der Waals surface area contributed by atoms with Gasteiger partial charge in [-0.05, 0) is 37.3 Å². The third-order valence-electron chi connectivity index (χ3n) is 8.80. The van der Waals surface area contributed by atoms with E-state index in [0.717, 1.165) is 0 Å². The van der Waals surface area contributed by atoms with E-state index in [4.69, 9.17) is 9.47 Å². The predicted octanol–water partition coefficient (Wildman–Crippen LogP) is 1.63. The molecular formula is C26H34O8. The van der Waals surface area contributed by atoms with Crippen molar-refractivity contribution in [2.45, 2.75) is 64.3 Å². The van der Waals surface area contributed by atoms with E-state index in [1.807, 2.05) is 13.8 Å². The first-order chi connectivity index (χ1) is 15.8. The largest absolute Gasteiger partial charge is 0.462 e. The fraction of sp³-hybridized carbons (Fsp3) is 0.654. The Morgan fingerprint density at radius 2 is 1.94 bits per heavy atom. The molecule has 0 radical (unpaired) electrons. The number of allylic oxidation sites excluding steroid dienone is 1.